The van der Waals surface area contributed by atoms with Crippen LogP contribution in [0.1, 0.15) is 64.2 Å². The van der Waals surface area contributed by atoms with Crippen LogP contribution in [0.3, 0.4) is 0 Å². The summed E-state index contributed by atoms with van der Waals surface area (Å²) in [7, 11) is 0. The zero-order chi connectivity index (χ0) is 13.3. The Balaban J connectivity index is 2.14. The van der Waals surface area contributed by atoms with Crippen molar-refractivity contribution in [3.8, 4) is 0 Å². The highest BCUT2D eigenvalue weighted by molar-refractivity contribution is 5.29. The van der Waals surface area contributed by atoms with Crippen molar-refractivity contribution in [2.24, 2.45) is 11.8 Å². The molecule has 1 saturated carbocycles. The fourth-order valence-corrected chi connectivity index (χ4v) is 3.07. The molecule has 0 amide bonds. The highest BCUT2D eigenvalue weighted by Gasteiger charge is 2.30. The van der Waals surface area contributed by atoms with Gasteiger partial charge in [-0.15, -0.1) is 0 Å². The minimum absolute atomic E-state index is 0.185. The zero-order valence-electron chi connectivity index (χ0n) is 12.1. The summed E-state index contributed by atoms with van der Waals surface area (Å²) in [5.41, 5.74) is 2.60. The van der Waals surface area contributed by atoms with Gasteiger partial charge in [-0.1, -0.05) is 64.8 Å². The highest BCUT2D eigenvalue weighted by Crippen LogP contribution is 2.40. The van der Waals surface area contributed by atoms with E-state index >= 15 is 0 Å². The molecule has 1 aromatic rings. The Morgan fingerprint density at radius 1 is 1.11 bits per heavy atom. The van der Waals surface area contributed by atoms with Gasteiger partial charge in [-0.05, 0) is 34.8 Å². The van der Waals surface area contributed by atoms with Crippen LogP contribution in [-0.4, -0.2) is 5.11 Å². The summed E-state index contributed by atoms with van der Waals surface area (Å²) in [4.78, 5) is 0. The first-order chi connectivity index (χ1) is 8.39. The molecule has 100 valence electrons. The lowest BCUT2D eigenvalue weighted by Crippen LogP contribution is -2.16. The van der Waals surface area contributed by atoms with E-state index in [2.05, 4.69) is 52.0 Å². The largest absolute Gasteiger partial charge is 0.388 e. The molecule has 0 radical (unpaired) electrons. The molecule has 2 rings (SSSR count). The molecule has 0 spiro atoms. The highest BCUT2D eigenvalue weighted by atomic mass is 16.3. The molecule has 1 nitrogen and oxygen atoms in total. The van der Waals surface area contributed by atoms with Gasteiger partial charge >= 0.3 is 0 Å². The van der Waals surface area contributed by atoms with Crippen LogP contribution in [0.2, 0.25) is 0 Å². The fraction of sp³-hybridized carbons (Fsp3) is 0.647. The maximum atomic E-state index is 10.5. The van der Waals surface area contributed by atoms with Gasteiger partial charge in [-0.3, -0.25) is 0 Å². The van der Waals surface area contributed by atoms with E-state index in [0.29, 0.717) is 11.8 Å². The third-order valence-electron chi connectivity index (χ3n) is 4.45. The van der Waals surface area contributed by atoms with Crippen LogP contribution in [-0.2, 0) is 5.41 Å². The average Bonchev–Trinajstić information content (AvgIpc) is 2.73. The van der Waals surface area contributed by atoms with Crippen LogP contribution in [0.25, 0.3) is 0 Å². The Kier molecular flexibility index (Phi) is 3.82. The van der Waals surface area contributed by atoms with E-state index in [1.54, 1.807) is 0 Å². The number of rotatable bonds is 2. The number of hydrogen-bond acceptors (Lipinski definition) is 1. The predicted molar refractivity (Wildman–Crippen MR) is 76.6 cm³/mol. The summed E-state index contributed by atoms with van der Waals surface area (Å²) < 4.78 is 0. The topological polar surface area (TPSA) is 20.2 Å². The van der Waals surface area contributed by atoms with Crippen molar-refractivity contribution in [3.05, 3.63) is 35.4 Å². The Bertz CT molecular complexity index is 385. The lowest BCUT2D eigenvalue weighted by atomic mass is 9.84. The second-order valence-corrected chi connectivity index (χ2v) is 6.89. The predicted octanol–water partition coefficient (Wildman–Crippen LogP) is 4.45. The van der Waals surface area contributed by atoms with E-state index in [1.807, 2.05) is 0 Å². The molecule has 1 aliphatic carbocycles. The second kappa shape index (κ2) is 5.05. The van der Waals surface area contributed by atoms with Gasteiger partial charge in [0.05, 0.1) is 6.10 Å². The molecule has 1 heteroatoms. The smallest absolute Gasteiger partial charge is 0.0820 e. The van der Waals surface area contributed by atoms with Gasteiger partial charge in [-0.25, -0.2) is 0 Å². The van der Waals surface area contributed by atoms with Crippen LogP contribution in [0, 0.1) is 11.8 Å². The van der Waals surface area contributed by atoms with Crippen molar-refractivity contribution in [3.63, 3.8) is 0 Å². The molecule has 3 unspecified atom stereocenters. The lowest BCUT2D eigenvalue weighted by Gasteiger charge is -2.24. The first-order valence-electron chi connectivity index (χ1n) is 7.18. The maximum absolute atomic E-state index is 10.5. The molecule has 0 saturated heterocycles. The molecular weight excluding hydrogens is 220 g/mol. The van der Waals surface area contributed by atoms with E-state index in [1.165, 1.54) is 24.8 Å². The molecule has 1 fully saturated rings. The fourth-order valence-electron chi connectivity index (χ4n) is 3.07. The normalized spacial score (nSPS) is 26.3. The van der Waals surface area contributed by atoms with Crippen LogP contribution in [0.15, 0.2) is 24.3 Å². The Morgan fingerprint density at radius 2 is 1.72 bits per heavy atom. The van der Waals surface area contributed by atoms with E-state index in [0.717, 1.165) is 5.56 Å². The quantitative estimate of drug-likeness (QED) is 0.817. The number of aliphatic hydroxyl groups is 1. The van der Waals surface area contributed by atoms with Crippen molar-refractivity contribution >= 4 is 0 Å². The molecule has 3 atom stereocenters. The molecule has 0 aliphatic heterocycles. The van der Waals surface area contributed by atoms with Gasteiger partial charge < -0.3 is 5.11 Å². The second-order valence-electron chi connectivity index (χ2n) is 6.89. The van der Waals surface area contributed by atoms with E-state index in [-0.39, 0.29) is 11.5 Å². The lowest BCUT2D eigenvalue weighted by molar-refractivity contribution is 0.0900. The monoisotopic (exact) mass is 246 g/mol. The molecular formula is C17H26O. The van der Waals surface area contributed by atoms with Crippen molar-refractivity contribution in [2.45, 2.75) is 58.5 Å². The summed E-state index contributed by atoms with van der Waals surface area (Å²) in [6, 6.07) is 8.54. The van der Waals surface area contributed by atoms with E-state index in [4.69, 9.17) is 0 Å². The maximum Gasteiger partial charge on any atom is 0.0820 e. The summed E-state index contributed by atoms with van der Waals surface area (Å²) in [5, 5.41) is 10.5. The van der Waals surface area contributed by atoms with E-state index in [9.17, 15) is 5.11 Å². The van der Waals surface area contributed by atoms with E-state index < -0.39 is 0 Å². The van der Waals surface area contributed by atoms with Gasteiger partial charge in [0.2, 0.25) is 0 Å². The summed E-state index contributed by atoms with van der Waals surface area (Å²) in [6.07, 6.45) is 3.42. The van der Waals surface area contributed by atoms with Crippen LogP contribution in [0.4, 0.5) is 0 Å². The Morgan fingerprint density at radius 3 is 2.17 bits per heavy atom. The SMILES string of the molecule is CC1CCCC1C(O)c1ccc(C(C)(C)C)cc1. The third kappa shape index (κ3) is 2.77. The van der Waals surface area contributed by atoms with Gasteiger partial charge in [0, 0.05) is 0 Å². The molecule has 0 bridgehead atoms. The minimum atomic E-state index is -0.281. The standard InChI is InChI=1S/C17H26O/c1-12-6-5-7-15(12)16(18)13-8-10-14(11-9-13)17(2,3)4/h8-12,15-16,18H,5-7H2,1-4H3. The van der Waals surface area contributed by atoms with Crippen LogP contribution >= 0.6 is 0 Å². The molecule has 18 heavy (non-hydrogen) atoms. The van der Waals surface area contributed by atoms with Crippen molar-refractivity contribution in [2.75, 3.05) is 0 Å². The Labute approximate surface area is 111 Å². The molecule has 1 aliphatic rings. The zero-order valence-corrected chi connectivity index (χ0v) is 12.1. The van der Waals surface area contributed by atoms with Gasteiger partial charge in [0.25, 0.3) is 0 Å². The van der Waals surface area contributed by atoms with Crippen LogP contribution < -0.4 is 0 Å². The van der Waals surface area contributed by atoms with Crippen molar-refractivity contribution < 1.29 is 5.11 Å². The van der Waals surface area contributed by atoms with Crippen molar-refractivity contribution in [1.82, 2.24) is 0 Å². The Hall–Kier alpha value is -0.820. The minimum Gasteiger partial charge on any atom is -0.388 e. The average molecular weight is 246 g/mol. The van der Waals surface area contributed by atoms with Gasteiger partial charge in [0.1, 0.15) is 0 Å². The van der Waals surface area contributed by atoms with Crippen LogP contribution in [0.5, 0.6) is 0 Å². The first-order valence-corrected chi connectivity index (χ1v) is 7.18. The number of aliphatic hydroxyl groups excluding tert-OH is 1. The first kappa shape index (κ1) is 13.6. The molecule has 1 aromatic carbocycles. The molecule has 1 N–H and O–H groups in total. The molecule has 0 heterocycles. The number of hydrogen-bond donors (Lipinski definition) is 1. The summed E-state index contributed by atoms with van der Waals surface area (Å²) >= 11 is 0. The summed E-state index contributed by atoms with van der Waals surface area (Å²) in [6.45, 7) is 8.93. The molecule has 0 aromatic heterocycles. The summed E-state index contributed by atoms with van der Waals surface area (Å²) in [5.74, 6) is 1.10. The third-order valence-corrected chi connectivity index (χ3v) is 4.45. The van der Waals surface area contributed by atoms with Crippen molar-refractivity contribution in [1.29, 1.82) is 0 Å². The number of benzene rings is 1. The van der Waals surface area contributed by atoms with Gasteiger partial charge in [-0.2, -0.15) is 0 Å². The van der Waals surface area contributed by atoms with Gasteiger partial charge in [0.15, 0.2) is 0 Å².